The Morgan fingerprint density at radius 2 is 2.12 bits per heavy atom. The first-order valence-corrected chi connectivity index (χ1v) is 7.19. The standard InChI is InChI=1S/C15H19F3N2O3.ClH/c1-22-13-8-19-7-12(13)20-14(21)6-10-3-2-4-11(5-10)23-9-15(16,17)18;/h2-5,12-13,19H,6-9H2,1H3,(H,20,21);1H. The van der Waals surface area contributed by atoms with Crippen LogP contribution in [0.4, 0.5) is 13.2 Å². The summed E-state index contributed by atoms with van der Waals surface area (Å²) < 4.78 is 46.4. The van der Waals surface area contributed by atoms with Gasteiger partial charge < -0.3 is 20.1 Å². The van der Waals surface area contributed by atoms with Crippen LogP contribution in [0.3, 0.4) is 0 Å². The predicted octanol–water partition coefficient (Wildman–Crippen LogP) is 1.70. The third-order valence-corrected chi connectivity index (χ3v) is 3.47. The summed E-state index contributed by atoms with van der Waals surface area (Å²) in [7, 11) is 1.58. The van der Waals surface area contributed by atoms with Crippen molar-refractivity contribution in [2.24, 2.45) is 0 Å². The first kappa shape index (κ1) is 20.5. The van der Waals surface area contributed by atoms with Gasteiger partial charge >= 0.3 is 6.18 Å². The van der Waals surface area contributed by atoms with Crippen LogP contribution in [0.5, 0.6) is 5.75 Å². The van der Waals surface area contributed by atoms with Crippen LogP contribution in [0.15, 0.2) is 24.3 Å². The summed E-state index contributed by atoms with van der Waals surface area (Å²) in [5, 5.41) is 5.97. The fraction of sp³-hybridized carbons (Fsp3) is 0.533. The van der Waals surface area contributed by atoms with Gasteiger partial charge in [0.1, 0.15) is 5.75 Å². The van der Waals surface area contributed by atoms with Gasteiger partial charge in [-0.05, 0) is 17.7 Å². The lowest BCUT2D eigenvalue weighted by molar-refractivity contribution is -0.153. The topological polar surface area (TPSA) is 59.6 Å². The Bertz CT molecular complexity index is 543. The lowest BCUT2D eigenvalue weighted by atomic mass is 10.1. The summed E-state index contributed by atoms with van der Waals surface area (Å²) in [5.74, 6) is -0.126. The number of hydrogen-bond acceptors (Lipinski definition) is 4. The molecule has 1 amide bonds. The van der Waals surface area contributed by atoms with E-state index in [1.54, 1.807) is 19.2 Å². The Morgan fingerprint density at radius 3 is 2.79 bits per heavy atom. The maximum Gasteiger partial charge on any atom is 0.422 e. The predicted molar refractivity (Wildman–Crippen MR) is 84.5 cm³/mol. The van der Waals surface area contributed by atoms with Gasteiger partial charge in [-0.1, -0.05) is 12.1 Å². The fourth-order valence-corrected chi connectivity index (χ4v) is 2.40. The minimum Gasteiger partial charge on any atom is -0.484 e. The van der Waals surface area contributed by atoms with Gasteiger partial charge in [-0.3, -0.25) is 4.79 Å². The molecule has 1 heterocycles. The van der Waals surface area contributed by atoms with Gasteiger partial charge in [0.25, 0.3) is 0 Å². The molecule has 0 spiro atoms. The molecule has 136 valence electrons. The molecule has 0 aliphatic carbocycles. The molecule has 1 aromatic rings. The summed E-state index contributed by atoms with van der Waals surface area (Å²) in [6.07, 6.45) is -4.41. The molecule has 1 aliphatic heterocycles. The van der Waals surface area contributed by atoms with Gasteiger partial charge in [0.2, 0.25) is 5.91 Å². The first-order chi connectivity index (χ1) is 10.9. The Hall–Kier alpha value is -1.51. The van der Waals surface area contributed by atoms with E-state index in [4.69, 9.17) is 4.74 Å². The Balaban J connectivity index is 0.00000288. The van der Waals surface area contributed by atoms with Crippen molar-refractivity contribution in [3.63, 3.8) is 0 Å². The summed E-state index contributed by atoms with van der Waals surface area (Å²) in [5.41, 5.74) is 0.585. The van der Waals surface area contributed by atoms with Gasteiger partial charge in [-0.25, -0.2) is 0 Å². The normalized spacial score (nSPS) is 20.3. The quantitative estimate of drug-likeness (QED) is 0.802. The van der Waals surface area contributed by atoms with Crippen molar-refractivity contribution in [1.29, 1.82) is 0 Å². The molecule has 1 saturated heterocycles. The van der Waals surface area contributed by atoms with E-state index in [2.05, 4.69) is 15.4 Å². The molecule has 2 rings (SSSR count). The second-order valence-corrected chi connectivity index (χ2v) is 5.33. The van der Waals surface area contributed by atoms with Crippen LogP contribution in [0.1, 0.15) is 5.56 Å². The van der Waals surface area contributed by atoms with Gasteiger partial charge in [-0.2, -0.15) is 13.2 Å². The minimum atomic E-state index is -4.39. The first-order valence-electron chi connectivity index (χ1n) is 7.19. The number of rotatable bonds is 6. The Labute approximate surface area is 144 Å². The molecular formula is C15H20ClF3N2O3. The number of hydrogen-bond donors (Lipinski definition) is 2. The van der Waals surface area contributed by atoms with Crippen molar-refractivity contribution in [2.45, 2.75) is 24.7 Å². The molecule has 1 fully saturated rings. The number of alkyl halides is 3. The molecule has 9 heteroatoms. The zero-order valence-corrected chi connectivity index (χ0v) is 13.9. The molecule has 0 aromatic heterocycles. The number of nitrogens with one attached hydrogen (secondary N) is 2. The molecule has 0 bridgehead atoms. The van der Waals surface area contributed by atoms with E-state index < -0.39 is 12.8 Å². The van der Waals surface area contributed by atoms with E-state index >= 15 is 0 Å². The van der Waals surface area contributed by atoms with E-state index in [-0.39, 0.29) is 42.6 Å². The van der Waals surface area contributed by atoms with Gasteiger partial charge in [0.15, 0.2) is 6.61 Å². The van der Waals surface area contributed by atoms with Crippen LogP contribution in [-0.4, -0.2) is 51.0 Å². The van der Waals surface area contributed by atoms with Crippen molar-refractivity contribution < 1.29 is 27.4 Å². The highest BCUT2D eigenvalue weighted by atomic mass is 35.5. The molecule has 2 unspecified atom stereocenters. The number of amides is 1. The summed E-state index contributed by atoms with van der Waals surface area (Å²) >= 11 is 0. The van der Waals surface area contributed by atoms with Crippen molar-refractivity contribution in [3.8, 4) is 5.75 Å². The monoisotopic (exact) mass is 368 g/mol. The summed E-state index contributed by atoms with van der Waals surface area (Å²) in [6.45, 7) is -0.0624. The van der Waals surface area contributed by atoms with Crippen molar-refractivity contribution >= 4 is 18.3 Å². The average Bonchev–Trinajstić information content (AvgIpc) is 2.92. The highest BCUT2D eigenvalue weighted by molar-refractivity contribution is 5.85. The van der Waals surface area contributed by atoms with Gasteiger partial charge in [-0.15, -0.1) is 12.4 Å². The summed E-state index contributed by atoms with van der Waals surface area (Å²) in [6, 6.07) is 5.97. The van der Waals surface area contributed by atoms with Crippen LogP contribution < -0.4 is 15.4 Å². The smallest absolute Gasteiger partial charge is 0.422 e. The highest BCUT2D eigenvalue weighted by Crippen LogP contribution is 2.19. The second-order valence-electron chi connectivity index (χ2n) is 5.33. The lowest BCUT2D eigenvalue weighted by Gasteiger charge is -2.18. The zero-order valence-electron chi connectivity index (χ0n) is 13.1. The maximum absolute atomic E-state index is 12.1. The van der Waals surface area contributed by atoms with Crippen molar-refractivity contribution in [3.05, 3.63) is 29.8 Å². The number of halogens is 4. The van der Waals surface area contributed by atoms with E-state index in [9.17, 15) is 18.0 Å². The SMILES string of the molecule is COC1CNCC1NC(=O)Cc1cccc(OCC(F)(F)F)c1.Cl. The van der Waals surface area contributed by atoms with E-state index in [1.807, 2.05) is 0 Å². The number of methoxy groups -OCH3 is 1. The molecule has 2 N–H and O–H groups in total. The maximum atomic E-state index is 12.1. The van der Waals surface area contributed by atoms with E-state index in [0.29, 0.717) is 18.7 Å². The highest BCUT2D eigenvalue weighted by Gasteiger charge is 2.29. The van der Waals surface area contributed by atoms with Crippen LogP contribution in [0.25, 0.3) is 0 Å². The third kappa shape index (κ3) is 6.54. The molecule has 1 aromatic carbocycles. The number of ether oxygens (including phenoxy) is 2. The molecule has 0 radical (unpaired) electrons. The van der Waals surface area contributed by atoms with Gasteiger partial charge in [0.05, 0.1) is 18.6 Å². The third-order valence-electron chi connectivity index (χ3n) is 3.47. The summed E-state index contributed by atoms with van der Waals surface area (Å²) in [4.78, 5) is 12.0. The van der Waals surface area contributed by atoms with Crippen molar-refractivity contribution in [2.75, 3.05) is 26.8 Å². The van der Waals surface area contributed by atoms with Crippen LogP contribution in [-0.2, 0) is 16.0 Å². The molecule has 0 saturated carbocycles. The molecular weight excluding hydrogens is 349 g/mol. The zero-order chi connectivity index (χ0) is 16.9. The lowest BCUT2D eigenvalue weighted by Crippen LogP contribution is -2.44. The van der Waals surface area contributed by atoms with Crippen molar-refractivity contribution in [1.82, 2.24) is 10.6 Å². The minimum absolute atomic E-state index is 0. The molecule has 5 nitrogen and oxygen atoms in total. The number of carbonyl (C=O) groups excluding carboxylic acids is 1. The van der Waals surface area contributed by atoms with Crippen LogP contribution in [0.2, 0.25) is 0 Å². The van der Waals surface area contributed by atoms with Crippen LogP contribution in [0, 0.1) is 0 Å². The van der Waals surface area contributed by atoms with E-state index in [0.717, 1.165) is 0 Å². The largest absolute Gasteiger partial charge is 0.484 e. The van der Waals surface area contributed by atoms with Crippen LogP contribution >= 0.6 is 12.4 Å². The molecule has 24 heavy (non-hydrogen) atoms. The molecule has 1 aliphatic rings. The Morgan fingerprint density at radius 1 is 1.38 bits per heavy atom. The number of benzene rings is 1. The van der Waals surface area contributed by atoms with E-state index in [1.165, 1.54) is 12.1 Å². The fourth-order valence-electron chi connectivity index (χ4n) is 2.40. The van der Waals surface area contributed by atoms with Gasteiger partial charge in [0, 0.05) is 20.2 Å². The second kappa shape index (κ2) is 9.10. The molecule has 2 atom stereocenters. The Kier molecular flexibility index (Phi) is 7.78. The number of carbonyl (C=O) groups is 1. The average molecular weight is 369 g/mol.